The Morgan fingerprint density at radius 2 is 2.00 bits per heavy atom. The summed E-state index contributed by atoms with van der Waals surface area (Å²) in [5.74, 6) is 1.67. The molecule has 5 heteroatoms. The summed E-state index contributed by atoms with van der Waals surface area (Å²) < 4.78 is 11.1. The van der Waals surface area contributed by atoms with Gasteiger partial charge in [-0.2, -0.15) is 0 Å². The standard InChI is InChI=1S/C14H20N2O2S/c1-10(2)16-14(19)15-6-5-11-3-4-12-13(9-11)18-8-7-17-12/h3-4,9-10H,5-8H2,1-2H3,(H2,15,16,19). The minimum atomic E-state index is 0.356. The van der Waals surface area contributed by atoms with Crippen LogP contribution in [0.2, 0.25) is 0 Å². The summed E-state index contributed by atoms with van der Waals surface area (Å²) in [5.41, 5.74) is 1.21. The van der Waals surface area contributed by atoms with Crippen LogP contribution in [0.1, 0.15) is 19.4 Å². The third-order valence-electron chi connectivity index (χ3n) is 2.73. The maximum atomic E-state index is 5.56. The van der Waals surface area contributed by atoms with Gasteiger partial charge in [0.2, 0.25) is 0 Å². The maximum Gasteiger partial charge on any atom is 0.166 e. The van der Waals surface area contributed by atoms with Gasteiger partial charge >= 0.3 is 0 Å². The average Bonchev–Trinajstić information content (AvgIpc) is 2.37. The molecule has 4 nitrogen and oxygen atoms in total. The molecule has 2 rings (SSSR count). The molecule has 0 amide bonds. The molecule has 0 aromatic heterocycles. The molecule has 19 heavy (non-hydrogen) atoms. The van der Waals surface area contributed by atoms with E-state index in [1.54, 1.807) is 0 Å². The van der Waals surface area contributed by atoms with Crippen molar-refractivity contribution >= 4 is 17.3 Å². The number of hydrogen-bond acceptors (Lipinski definition) is 3. The molecule has 1 aromatic rings. The number of rotatable bonds is 4. The summed E-state index contributed by atoms with van der Waals surface area (Å²) in [6, 6.07) is 6.42. The third-order valence-corrected chi connectivity index (χ3v) is 2.99. The fourth-order valence-electron chi connectivity index (χ4n) is 1.88. The van der Waals surface area contributed by atoms with E-state index in [1.807, 2.05) is 12.1 Å². The van der Waals surface area contributed by atoms with E-state index < -0.39 is 0 Å². The van der Waals surface area contributed by atoms with Crippen LogP contribution < -0.4 is 20.1 Å². The second kappa shape index (κ2) is 6.61. The summed E-state index contributed by atoms with van der Waals surface area (Å²) in [5, 5.41) is 7.05. The molecule has 0 unspecified atom stereocenters. The topological polar surface area (TPSA) is 42.5 Å². The monoisotopic (exact) mass is 280 g/mol. The van der Waals surface area contributed by atoms with Crippen molar-refractivity contribution in [2.75, 3.05) is 19.8 Å². The molecular weight excluding hydrogens is 260 g/mol. The number of thiocarbonyl (C=S) groups is 1. The lowest BCUT2D eigenvalue weighted by Crippen LogP contribution is -2.40. The van der Waals surface area contributed by atoms with E-state index in [-0.39, 0.29) is 0 Å². The molecule has 0 aliphatic carbocycles. The Balaban J connectivity index is 1.81. The largest absolute Gasteiger partial charge is 0.486 e. The molecule has 0 fully saturated rings. The van der Waals surface area contributed by atoms with Crippen LogP contribution in [0.25, 0.3) is 0 Å². The first-order valence-electron chi connectivity index (χ1n) is 6.58. The van der Waals surface area contributed by atoms with Gasteiger partial charge in [0.05, 0.1) is 0 Å². The normalized spacial score (nSPS) is 13.2. The first-order valence-corrected chi connectivity index (χ1v) is 6.99. The van der Waals surface area contributed by atoms with Crippen molar-refractivity contribution in [2.45, 2.75) is 26.3 Å². The van der Waals surface area contributed by atoms with Crippen LogP contribution in [-0.4, -0.2) is 30.9 Å². The molecule has 0 atom stereocenters. The Labute approximate surface area is 119 Å². The van der Waals surface area contributed by atoms with Gasteiger partial charge < -0.3 is 20.1 Å². The maximum absolute atomic E-state index is 5.56. The Kier molecular flexibility index (Phi) is 4.85. The predicted molar refractivity (Wildman–Crippen MR) is 80.0 cm³/mol. The highest BCUT2D eigenvalue weighted by Gasteiger charge is 2.11. The Bertz CT molecular complexity index is 449. The van der Waals surface area contributed by atoms with Gasteiger partial charge in [0, 0.05) is 12.6 Å². The Morgan fingerprint density at radius 1 is 1.26 bits per heavy atom. The lowest BCUT2D eigenvalue weighted by molar-refractivity contribution is 0.171. The van der Waals surface area contributed by atoms with Crippen LogP contribution in [0, 0.1) is 0 Å². The second-order valence-electron chi connectivity index (χ2n) is 4.78. The molecule has 2 N–H and O–H groups in total. The smallest absolute Gasteiger partial charge is 0.166 e. The fourth-order valence-corrected chi connectivity index (χ4v) is 2.21. The van der Waals surface area contributed by atoms with Gasteiger partial charge in [-0.05, 0) is 50.2 Å². The van der Waals surface area contributed by atoms with Crippen LogP contribution in [0.5, 0.6) is 11.5 Å². The minimum Gasteiger partial charge on any atom is -0.486 e. The third kappa shape index (κ3) is 4.28. The van der Waals surface area contributed by atoms with Crippen LogP contribution >= 0.6 is 12.2 Å². The van der Waals surface area contributed by atoms with E-state index in [1.165, 1.54) is 5.56 Å². The molecule has 0 spiro atoms. The highest BCUT2D eigenvalue weighted by molar-refractivity contribution is 7.80. The molecule has 0 saturated carbocycles. The highest BCUT2D eigenvalue weighted by atomic mass is 32.1. The van der Waals surface area contributed by atoms with Crippen LogP contribution in [0.4, 0.5) is 0 Å². The average molecular weight is 280 g/mol. The number of fused-ring (bicyclic) bond motifs is 1. The Hall–Kier alpha value is -1.49. The molecule has 104 valence electrons. The zero-order valence-electron chi connectivity index (χ0n) is 11.4. The van der Waals surface area contributed by atoms with Gasteiger partial charge in [-0.25, -0.2) is 0 Å². The predicted octanol–water partition coefficient (Wildman–Crippen LogP) is 1.87. The van der Waals surface area contributed by atoms with Gasteiger partial charge in [0.15, 0.2) is 16.6 Å². The molecular formula is C14H20N2O2S. The zero-order chi connectivity index (χ0) is 13.7. The summed E-state index contributed by atoms with van der Waals surface area (Å²) in [6.07, 6.45) is 0.899. The van der Waals surface area contributed by atoms with E-state index in [4.69, 9.17) is 21.7 Å². The van der Waals surface area contributed by atoms with Crippen molar-refractivity contribution in [1.82, 2.24) is 10.6 Å². The second-order valence-corrected chi connectivity index (χ2v) is 5.19. The van der Waals surface area contributed by atoms with Gasteiger partial charge in [0.25, 0.3) is 0 Å². The molecule has 1 aliphatic heterocycles. The highest BCUT2D eigenvalue weighted by Crippen LogP contribution is 2.30. The minimum absolute atomic E-state index is 0.356. The van der Waals surface area contributed by atoms with Gasteiger partial charge in [-0.15, -0.1) is 0 Å². The SMILES string of the molecule is CC(C)NC(=S)NCCc1ccc2c(c1)OCCO2. The molecule has 1 heterocycles. The zero-order valence-corrected chi connectivity index (χ0v) is 12.2. The number of benzene rings is 1. The first kappa shape index (κ1) is 13.9. The van der Waals surface area contributed by atoms with E-state index in [0.717, 1.165) is 24.5 Å². The summed E-state index contributed by atoms with van der Waals surface area (Å²) in [6.45, 7) is 6.18. The van der Waals surface area contributed by atoms with E-state index >= 15 is 0 Å². The molecule has 0 saturated heterocycles. The number of ether oxygens (including phenoxy) is 2. The first-order chi connectivity index (χ1) is 9.15. The number of hydrogen-bond donors (Lipinski definition) is 2. The van der Waals surface area contributed by atoms with Crippen molar-refractivity contribution in [1.29, 1.82) is 0 Å². The van der Waals surface area contributed by atoms with Crippen molar-refractivity contribution in [3.8, 4) is 11.5 Å². The van der Waals surface area contributed by atoms with Crippen LogP contribution in [0.3, 0.4) is 0 Å². The quantitative estimate of drug-likeness (QED) is 0.824. The molecule has 1 aliphatic rings. The number of nitrogens with one attached hydrogen (secondary N) is 2. The summed E-state index contributed by atoms with van der Waals surface area (Å²) in [7, 11) is 0. The van der Waals surface area contributed by atoms with Crippen molar-refractivity contribution < 1.29 is 9.47 Å². The van der Waals surface area contributed by atoms with Crippen molar-refractivity contribution in [2.24, 2.45) is 0 Å². The van der Waals surface area contributed by atoms with Crippen LogP contribution in [-0.2, 0) is 6.42 Å². The summed E-state index contributed by atoms with van der Waals surface area (Å²) in [4.78, 5) is 0. The van der Waals surface area contributed by atoms with Gasteiger partial charge in [-0.1, -0.05) is 6.07 Å². The van der Waals surface area contributed by atoms with E-state index in [2.05, 4.69) is 30.5 Å². The van der Waals surface area contributed by atoms with E-state index in [0.29, 0.717) is 24.4 Å². The molecule has 1 aromatic carbocycles. The lowest BCUT2D eigenvalue weighted by Gasteiger charge is -2.19. The van der Waals surface area contributed by atoms with Crippen LogP contribution in [0.15, 0.2) is 18.2 Å². The van der Waals surface area contributed by atoms with Crippen molar-refractivity contribution in [3.05, 3.63) is 23.8 Å². The van der Waals surface area contributed by atoms with Gasteiger partial charge in [-0.3, -0.25) is 0 Å². The lowest BCUT2D eigenvalue weighted by atomic mass is 10.1. The van der Waals surface area contributed by atoms with E-state index in [9.17, 15) is 0 Å². The van der Waals surface area contributed by atoms with Crippen molar-refractivity contribution in [3.63, 3.8) is 0 Å². The summed E-state index contributed by atoms with van der Waals surface area (Å²) >= 11 is 5.18. The Morgan fingerprint density at radius 3 is 2.74 bits per heavy atom. The van der Waals surface area contributed by atoms with Gasteiger partial charge in [0.1, 0.15) is 13.2 Å². The molecule has 0 radical (unpaired) electrons. The fraction of sp³-hybridized carbons (Fsp3) is 0.500. The molecule has 0 bridgehead atoms.